The molecule has 2 amide bonds. The molecule has 3 N–H and O–H groups in total. The summed E-state index contributed by atoms with van der Waals surface area (Å²) in [7, 11) is 0. The number of hydrogen-bond donors (Lipinski definition) is 3. The van der Waals surface area contributed by atoms with E-state index in [1.165, 1.54) is 0 Å². The molecule has 0 aliphatic heterocycles. The zero-order chi connectivity index (χ0) is 12.8. The van der Waals surface area contributed by atoms with Gasteiger partial charge in [0.25, 0.3) is 0 Å². The molecule has 0 aliphatic carbocycles. The average molecular weight is 230 g/mol. The van der Waals surface area contributed by atoms with Gasteiger partial charge >= 0.3 is 12.0 Å². The van der Waals surface area contributed by atoms with Crippen molar-refractivity contribution in [3.63, 3.8) is 0 Å². The second-order valence-electron chi connectivity index (χ2n) is 4.80. The van der Waals surface area contributed by atoms with E-state index in [0.717, 1.165) is 6.42 Å². The van der Waals surface area contributed by atoms with E-state index in [-0.39, 0.29) is 12.5 Å². The van der Waals surface area contributed by atoms with Crippen molar-refractivity contribution in [1.82, 2.24) is 10.6 Å². The van der Waals surface area contributed by atoms with E-state index >= 15 is 0 Å². The van der Waals surface area contributed by atoms with Gasteiger partial charge in [0, 0.05) is 12.1 Å². The molecule has 0 bridgehead atoms. The molecule has 16 heavy (non-hydrogen) atoms. The first-order valence-corrected chi connectivity index (χ1v) is 5.54. The topological polar surface area (TPSA) is 78.4 Å². The quantitative estimate of drug-likeness (QED) is 0.648. The Morgan fingerprint density at radius 3 is 2.38 bits per heavy atom. The third-order valence-corrected chi connectivity index (χ3v) is 2.35. The molecule has 0 saturated heterocycles. The van der Waals surface area contributed by atoms with E-state index < -0.39 is 11.5 Å². The Hall–Kier alpha value is -1.26. The molecule has 0 heterocycles. The summed E-state index contributed by atoms with van der Waals surface area (Å²) in [4.78, 5) is 22.0. The molecule has 0 rings (SSSR count). The summed E-state index contributed by atoms with van der Waals surface area (Å²) in [6, 6.07) is -0.313. The average Bonchev–Trinajstić information content (AvgIpc) is 2.11. The molecule has 0 aromatic heterocycles. The van der Waals surface area contributed by atoms with Crippen LogP contribution in [-0.4, -0.2) is 29.2 Å². The fourth-order valence-electron chi connectivity index (χ4n) is 1.19. The van der Waals surface area contributed by atoms with Gasteiger partial charge in [0.1, 0.15) is 0 Å². The van der Waals surface area contributed by atoms with Crippen molar-refractivity contribution < 1.29 is 14.7 Å². The van der Waals surface area contributed by atoms with Gasteiger partial charge in [-0.1, -0.05) is 20.3 Å². The normalized spacial score (nSPS) is 13.0. The summed E-state index contributed by atoms with van der Waals surface area (Å²) in [5, 5.41) is 14.0. The molecule has 0 saturated carbocycles. The minimum Gasteiger partial charge on any atom is -0.481 e. The maximum absolute atomic E-state index is 11.4. The van der Waals surface area contributed by atoms with E-state index in [4.69, 9.17) is 5.11 Å². The number of rotatable bonds is 6. The Labute approximate surface area is 96.6 Å². The molecule has 0 fully saturated rings. The molecule has 0 aromatic carbocycles. The van der Waals surface area contributed by atoms with Gasteiger partial charge in [0.15, 0.2) is 0 Å². The van der Waals surface area contributed by atoms with E-state index in [1.54, 1.807) is 13.8 Å². The Morgan fingerprint density at radius 2 is 1.94 bits per heavy atom. The van der Waals surface area contributed by atoms with Crippen LogP contribution in [0, 0.1) is 5.92 Å². The summed E-state index contributed by atoms with van der Waals surface area (Å²) >= 11 is 0. The van der Waals surface area contributed by atoms with Gasteiger partial charge in [-0.2, -0.15) is 0 Å². The summed E-state index contributed by atoms with van der Waals surface area (Å²) in [6.45, 7) is 8.07. The van der Waals surface area contributed by atoms with Gasteiger partial charge in [-0.05, 0) is 19.8 Å². The lowest BCUT2D eigenvalue weighted by molar-refractivity contribution is -0.138. The van der Waals surface area contributed by atoms with E-state index in [2.05, 4.69) is 17.6 Å². The number of urea groups is 1. The lowest BCUT2D eigenvalue weighted by atomic mass is 10.0. The van der Waals surface area contributed by atoms with Gasteiger partial charge in [0.05, 0.1) is 6.42 Å². The first-order valence-electron chi connectivity index (χ1n) is 5.54. The minimum atomic E-state index is -0.924. The standard InChI is InChI=1S/C11H22N2O3/c1-5-8(2)7-12-10(16)13-11(3,4)6-9(14)15/h8H,5-7H2,1-4H3,(H,14,15)(H2,12,13,16). The largest absolute Gasteiger partial charge is 0.481 e. The maximum atomic E-state index is 11.4. The summed E-state index contributed by atoms with van der Waals surface area (Å²) in [5.74, 6) is -0.499. The van der Waals surface area contributed by atoms with Crippen LogP contribution in [0.4, 0.5) is 4.79 Å². The molecule has 0 radical (unpaired) electrons. The Balaban J connectivity index is 3.98. The Morgan fingerprint density at radius 1 is 1.38 bits per heavy atom. The smallest absolute Gasteiger partial charge is 0.315 e. The molecule has 1 atom stereocenters. The van der Waals surface area contributed by atoms with Crippen molar-refractivity contribution in [3.05, 3.63) is 0 Å². The van der Waals surface area contributed by atoms with Gasteiger partial charge < -0.3 is 15.7 Å². The van der Waals surface area contributed by atoms with Crippen LogP contribution in [-0.2, 0) is 4.79 Å². The number of carbonyl (C=O) groups excluding carboxylic acids is 1. The highest BCUT2D eigenvalue weighted by Crippen LogP contribution is 2.07. The zero-order valence-corrected chi connectivity index (χ0v) is 10.5. The molecule has 0 spiro atoms. The number of carboxylic acid groups (broad SMARTS) is 1. The van der Waals surface area contributed by atoms with E-state index in [0.29, 0.717) is 12.5 Å². The molecule has 94 valence electrons. The zero-order valence-electron chi connectivity index (χ0n) is 10.5. The van der Waals surface area contributed by atoms with Gasteiger partial charge in [-0.25, -0.2) is 4.79 Å². The first-order chi connectivity index (χ1) is 7.26. The highest BCUT2D eigenvalue weighted by atomic mass is 16.4. The molecular weight excluding hydrogens is 208 g/mol. The van der Waals surface area contributed by atoms with Gasteiger partial charge in [-0.15, -0.1) is 0 Å². The van der Waals surface area contributed by atoms with Crippen molar-refractivity contribution in [1.29, 1.82) is 0 Å². The van der Waals surface area contributed by atoms with Crippen LogP contribution in [0.2, 0.25) is 0 Å². The van der Waals surface area contributed by atoms with Crippen LogP contribution in [0.15, 0.2) is 0 Å². The number of hydrogen-bond acceptors (Lipinski definition) is 2. The van der Waals surface area contributed by atoms with Gasteiger partial charge in [0.2, 0.25) is 0 Å². The van der Waals surface area contributed by atoms with Crippen LogP contribution in [0.25, 0.3) is 0 Å². The number of nitrogens with one attached hydrogen (secondary N) is 2. The first kappa shape index (κ1) is 14.7. The van der Waals surface area contributed by atoms with E-state index in [9.17, 15) is 9.59 Å². The second-order valence-corrected chi connectivity index (χ2v) is 4.80. The summed E-state index contributed by atoms with van der Waals surface area (Å²) in [6.07, 6.45) is 0.905. The van der Waals surface area contributed by atoms with Gasteiger partial charge in [-0.3, -0.25) is 4.79 Å². The summed E-state index contributed by atoms with van der Waals surface area (Å²) in [5.41, 5.74) is -0.731. The highest BCUT2D eigenvalue weighted by Gasteiger charge is 2.23. The highest BCUT2D eigenvalue weighted by molar-refractivity contribution is 5.76. The van der Waals surface area contributed by atoms with Crippen molar-refractivity contribution in [3.8, 4) is 0 Å². The van der Waals surface area contributed by atoms with Crippen molar-refractivity contribution in [2.75, 3.05) is 6.54 Å². The van der Waals surface area contributed by atoms with Crippen LogP contribution in [0.3, 0.4) is 0 Å². The predicted octanol–water partition coefficient (Wildman–Crippen LogP) is 1.58. The fraction of sp³-hybridized carbons (Fsp3) is 0.818. The van der Waals surface area contributed by atoms with Crippen LogP contribution in [0.5, 0.6) is 0 Å². The Bertz CT molecular complexity index is 252. The molecule has 5 heteroatoms. The number of aliphatic carboxylic acids is 1. The molecule has 5 nitrogen and oxygen atoms in total. The lowest BCUT2D eigenvalue weighted by Gasteiger charge is -2.24. The SMILES string of the molecule is CCC(C)CNC(=O)NC(C)(C)CC(=O)O. The minimum absolute atomic E-state index is 0.0935. The summed E-state index contributed by atoms with van der Waals surface area (Å²) < 4.78 is 0. The second kappa shape index (κ2) is 6.35. The monoisotopic (exact) mass is 230 g/mol. The molecular formula is C11H22N2O3. The van der Waals surface area contributed by atoms with E-state index in [1.807, 2.05) is 6.92 Å². The molecule has 0 aromatic rings. The van der Waals surface area contributed by atoms with Crippen molar-refractivity contribution in [2.45, 2.75) is 46.1 Å². The third-order valence-electron chi connectivity index (χ3n) is 2.35. The molecule has 1 unspecified atom stereocenters. The third kappa shape index (κ3) is 7.09. The van der Waals surface area contributed by atoms with Crippen LogP contribution >= 0.6 is 0 Å². The lowest BCUT2D eigenvalue weighted by Crippen LogP contribution is -2.50. The van der Waals surface area contributed by atoms with Crippen LogP contribution in [0.1, 0.15) is 40.5 Å². The maximum Gasteiger partial charge on any atom is 0.315 e. The number of carbonyl (C=O) groups is 2. The fourth-order valence-corrected chi connectivity index (χ4v) is 1.19. The van der Waals surface area contributed by atoms with Crippen LogP contribution < -0.4 is 10.6 Å². The van der Waals surface area contributed by atoms with Crippen molar-refractivity contribution >= 4 is 12.0 Å². The number of amides is 2. The predicted molar refractivity (Wildman–Crippen MR) is 62.3 cm³/mol. The van der Waals surface area contributed by atoms with Crippen molar-refractivity contribution in [2.24, 2.45) is 5.92 Å². The number of carboxylic acids is 1. The Kier molecular flexibility index (Phi) is 5.85. The molecule has 0 aliphatic rings.